The molecule has 0 radical (unpaired) electrons. The first-order chi connectivity index (χ1) is 14.0. The Morgan fingerprint density at radius 1 is 1.10 bits per heavy atom. The number of amides is 1. The minimum atomic E-state index is -1.03. The van der Waals surface area contributed by atoms with Gasteiger partial charge in [0.2, 0.25) is 0 Å². The van der Waals surface area contributed by atoms with Crippen LogP contribution in [-0.4, -0.2) is 23.0 Å². The number of nitriles is 1. The van der Waals surface area contributed by atoms with Gasteiger partial charge in [-0.3, -0.25) is 4.79 Å². The maximum atomic E-state index is 13.5. The first-order valence-corrected chi connectivity index (χ1v) is 10.7. The zero-order chi connectivity index (χ0) is 20.2. The van der Waals surface area contributed by atoms with E-state index in [0.717, 1.165) is 24.0 Å². The molecule has 1 unspecified atom stereocenters. The number of hydrogen-bond donors (Lipinski definition) is 0. The summed E-state index contributed by atoms with van der Waals surface area (Å²) in [5, 5.41) is 10.8. The van der Waals surface area contributed by atoms with Crippen LogP contribution in [-0.2, 0) is 9.53 Å². The van der Waals surface area contributed by atoms with E-state index < -0.39 is 17.6 Å². The highest BCUT2D eigenvalue weighted by atomic mass is 35.5. The van der Waals surface area contributed by atoms with Crippen molar-refractivity contribution >= 4 is 29.1 Å². The fraction of sp³-hybridized carbons (Fsp3) is 0.391. The van der Waals surface area contributed by atoms with E-state index in [4.69, 9.17) is 27.9 Å². The maximum absolute atomic E-state index is 13.5. The third-order valence-corrected chi connectivity index (χ3v) is 6.68. The molecule has 4 nitrogen and oxygen atoms in total. The van der Waals surface area contributed by atoms with Crippen molar-refractivity contribution in [3.63, 3.8) is 0 Å². The van der Waals surface area contributed by atoms with Crippen molar-refractivity contribution in [2.75, 3.05) is 6.54 Å². The molecular formula is C23H20Cl2N2O2. The molecule has 1 amide bonds. The summed E-state index contributed by atoms with van der Waals surface area (Å²) in [6.07, 6.45) is 2.32. The van der Waals surface area contributed by atoms with Crippen molar-refractivity contribution in [3.8, 4) is 6.07 Å². The summed E-state index contributed by atoms with van der Waals surface area (Å²) in [6.45, 7) is 0.687. The zero-order valence-corrected chi connectivity index (χ0v) is 17.2. The Hall–Kier alpha value is -2.06. The van der Waals surface area contributed by atoms with Crippen LogP contribution in [0.3, 0.4) is 0 Å². The molecule has 4 atom stereocenters. The quantitative estimate of drug-likeness (QED) is 0.663. The summed E-state index contributed by atoms with van der Waals surface area (Å²) < 4.78 is 6.47. The third kappa shape index (κ3) is 3.32. The SMILES string of the molecule is N#CC1C[C@@]12O[C@@H](c1cccc(Cl)c1)[C@H](c1ccc(Cl)cc1)N(CC1CC1)C2=O. The zero-order valence-electron chi connectivity index (χ0n) is 15.7. The molecule has 3 aliphatic rings. The Morgan fingerprint density at radius 2 is 1.86 bits per heavy atom. The molecule has 2 aromatic carbocycles. The standard InChI is InChI=1S/C23H20Cl2N2O2/c24-18-8-6-15(7-9-18)20-21(16-2-1-3-19(25)10-16)29-23(11-17(23)12-26)22(28)27(20)13-14-4-5-14/h1-3,6-10,14,17,20-21H,4-5,11,13H2/t17?,20-,21-,23+/m0/s1. The molecule has 148 valence electrons. The normalized spacial score (nSPS) is 31.0. The van der Waals surface area contributed by atoms with Gasteiger partial charge in [0.1, 0.15) is 6.10 Å². The summed E-state index contributed by atoms with van der Waals surface area (Å²) in [5.74, 6) is 0.0573. The van der Waals surface area contributed by atoms with E-state index in [2.05, 4.69) is 6.07 Å². The van der Waals surface area contributed by atoms with Crippen LogP contribution in [0.5, 0.6) is 0 Å². The highest BCUT2D eigenvalue weighted by Gasteiger charge is 2.68. The number of morpholine rings is 1. The topological polar surface area (TPSA) is 53.3 Å². The van der Waals surface area contributed by atoms with Crippen molar-refractivity contribution in [2.24, 2.45) is 11.8 Å². The number of hydrogen-bond acceptors (Lipinski definition) is 3. The van der Waals surface area contributed by atoms with Crippen molar-refractivity contribution in [1.82, 2.24) is 4.90 Å². The van der Waals surface area contributed by atoms with Gasteiger partial charge in [0.25, 0.3) is 5.91 Å². The molecule has 0 aromatic heterocycles. The number of ether oxygens (including phenoxy) is 1. The molecule has 0 bridgehead atoms. The van der Waals surface area contributed by atoms with Crippen molar-refractivity contribution in [2.45, 2.75) is 37.0 Å². The monoisotopic (exact) mass is 426 g/mol. The van der Waals surface area contributed by atoms with E-state index >= 15 is 0 Å². The largest absolute Gasteiger partial charge is 0.353 e. The summed E-state index contributed by atoms with van der Waals surface area (Å²) >= 11 is 12.4. The maximum Gasteiger partial charge on any atom is 0.256 e. The first-order valence-electron chi connectivity index (χ1n) is 9.91. The fourth-order valence-corrected chi connectivity index (χ4v) is 4.68. The van der Waals surface area contributed by atoms with Crippen LogP contribution in [0.15, 0.2) is 48.5 Å². The summed E-state index contributed by atoms with van der Waals surface area (Å²) in [6, 6.07) is 17.1. The number of halogens is 2. The molecule has 5 rings (SSSR count). The smallest absolute Gasteiger partial charge is 0.256 e. The minimum Gasteiger partial charge on any atom is -0.353 e. The predicted octanol–water partition coefficient (Wildman–Crippen LogP) is 5.33. The molecule has 1 aliphatic heterocycles. The molecule has 1 heterocycles. The predicted molar refractivity (Wildman–Crippen MR) is 110 cm³/mol. The summed E-state index contributed by atoms with van der Waals surface area (Å²) in [4.78, 5) is 15.5. The molecule has 6 heteroatoms. The highest BCUT2D eigenvalue weighted by Crippen LogP contribution is 2.58. The lowest BCUT2D eigenvalue weighted by atomic mass is 9.90. The van der Waals surface area contributed by atoms with Gasteiger partial charge in [0.05, 0.1) is 18.0 Å². The van der Waals surface area contributed by atoms with Gasteiger partial charge in [-0.1, -0.05) is 47.5 Å². The van der Waals surface area contributed by atoms with Crippen molar-refractivity contribution in [1.29, 1.82) is 5.26 Å². The van der Waals surface area contributed by atoms with Crippen LogP contribution < -0.4 is 0 Å². The van der Waals surface area contributed by atoms with E-state index in [1.54, 1.807) is 0 Å². The molecule has 1 saturated heterocycles. The van der Waals surface area contributed by atoms with Gasteiger partial charge in [-0.05, 0) is 54.2 Å². The van der Waals surface area contributed by atoms with E-state index in [0.29, 0.717) is 28.9 Å². The Balaban J connectivity index is 1.62. The summed E-state index contributed by atoms with van der Waals surface area (Å²) in [7, 11) is 0. The fourth-order valence-electron chi connectivity index (χ4n) is 4.36. The van der Waals surface area contributed by atoms with Crippen molar-refractivity contribution < 1.29 is 9.53 Å². The van der Waals surface area contributed by atoms with Crippen LogP contribution in [0.4, 0.5) is 0 Å². The Labute approximate surface area is 180 Å². The Kier molecular flexibility index (Phi) is 4.58. The van der Waals surface area contributed by atoms with E-state index in [1.165, 1.54) is 0 Å². The van der Waals surface area contributed by atoms with Gasteiger partial charge in [-0.25, -0.2) is 0 Å². The highest BCUT2D eigenvalue weighted by molar-refractivity contribution is 6.30. The van der Waals surface area contributed by atoms with Gasteiger partial charge in [-0.15, -0.1) is 0 Å². The minimum absolute atomic E-state index is 0.0609. The second kappa shape index (κ2) is 7.02. The number of nitrogens with zero attached hydrogens (tertiary/aromatic N) is 2. The number of carbonyl (C=O) groups excluding carboxylic acids is 1. The average molecular weight is 427 g/mol. The van der Waals surface area contributed by atoms with Gasteiger partial charge < -0.3 is 9.64 Å². The Bertz CT molecular complexity index is 999. The second-order valence-electron chi connectivity index (χ2n) is 8.27. The lowest BCUT2D eigenvalue weighted by Gasteiger charge is -2.45. The van der Waals surface area contributed by atoms with E-state index in [1.807, 2.05) is 53.4 Å². The van der Waals surface area contributed by atoms with Gasteiger partial charge in [0, 0.05) is 23.0 Å². The first kappa shape index (κ1) is 18.9. The van der Waals surface area contributed by atoms with Gasteiger partial charge >= 0.3 is 0 Å². The van der Waals surface area contributed by atoms with E-state index in [-0.39, 0.29) is 11.9 Å². The van der Waals surface area contributed by atoms with Crippen LogP contribution in [0.25, 0.3) is 0 Å². The van der Waals surface area contributed by atoms with Crippen LogP contribution in [0.1, 0.15) is 42.5 Å². The van der Waals surface area contributed by atoms with Crippen LogP contribution in [0.2, 0.25) is 10.0 Å². The molecule has 29 heavy (non-hydrogen) atoms. The third-order valence-electron chi connectivity index (χ3n) is 6.19. The average Bonchev–Trinajstić information content (AvgIpc) is 3.63. The molecule has 2 aliphatic carbocycles. The number of carbonyl (C=O) groups is 1. The van der Waals surface area contributed by atoms with Crippen molar-refractivity contribution in [3.05, 3.63) is 69.7 Å². The van der Waals surface area contributed by atoms with Gasteiger partial charge in [-0.2, -0.15) is 5.26 Å². The molecule has 1 spiro atoms. The van der Waals surface area contributed by atoms with Gasteiger partial charge in [0.15, 0.2) is 5.60 Å². The molecule has 3 fully saturated rings. The van der Waals surface area contributed by atoms with E-state index in [9.17, 15) is 10.1 Å². The number of benzene rings is 2. The summed E-state index contributed by atoms with van der Waals surface area (Å²) in [5.41, 5.74) is 0.852. The van der Waals surface area contributed by atoms with Crippen LogP contribution >= 0.6 is 23.2 Å². The lowest BCUT2D eigenvalue weighted by molar-refractivity contribution is -0.182. The molecule has 0 N–H and O–H groups in total. The molecular weight excluding hydrogens is 407 g/mol. The molecule has 2 aromatic rings. The Morgan fingerprint density at radius 3 is 2.48 bits per heavy atom. The lowest BCUT2D eigenvalue weighted by Crippen LogP contribution is -2.53. The van der Waals surface area contributed by atoms with Crippen LogP contribution in [0, 0.1) is 23.2 Å². The molecule has 2 saturated carbocycles. The number of rotatable bonds is 4. The second-order valence-corrected chi connectivity index (χ2v) is 9.14.